The highest BCUT2D eigenvalue weighted by Crippen LogP contribution is 2.42. The van der Waals surface area contributed by atoms with Crippen LogP contribution in [0.5, 0.6) is 5.75 Å². The van der Waals surface area contributed by atoms with Crippen molar-refractivity contribution in [3.05, 3.63) is 53.1 Å². The van der Waals surface area contributed by atoms with E-state index in [4.69, 9.17) is 14.2 Å². The van der Waals surface area contributed by atoms with Gasteiger partial charge >= 0.3 is 11.9 Å². The van der Waals surface area contributed by atoms with Crippen LogP contribution >= 0.6 is 0 Å². The van der Waals surface area contributed by atoms with Crippen molar-refractivity contribution in [2.45, 2.75) is 39.9 Å². The van der Waals surface area contributed by atoms with Crippen molar-refractivity contribution in [3.8, 4) is 5.75 Å². The van der Waals surface area contributed by atoms with E-state index >= 15 is 0 Å². The first-order chi connectivity index (χ1) is 12.2. The van der Waals surface area contributed by atoms with E-state index in [1.807, 2.05) is 0 Å². The molecule has 1 aromatic rings. The predicted molar refractivity (Wildman–Crippen MR) is 94.9 cm³/mol. The smallest absolute Gasteiger partial charge is 0.334 e. The van der Waals surface area contributed by atoms with Crippen LogP contribution in [0.1, 0.15) is 49.7 Å². The van der Waals surface area contributed by atoms with Gasteiger partial charge in [-0.1, -0.05) is 6.58 Å². The lowest BCUT2D eigenvalue weighted by atomic mass is 9.99. The van der Waals surface area contributed by atoms with Crippen molar-refractivity contribution in [1.29, 1.82) is 0 Å². The molecule has 0 spiro atoms. The third-order valence-electron chi connectivity index (χ3n) is 3.97. The topological polar surface area (TPSA) is 78.9 Å². The minimum atomic E-state index is -0.702. The zero-order valence-electron chi connectivity index (χ0n) is 15.3. The van der Waals surface area contributed by atoms with Gasteiger partial charge in [0.1, 0.15) is 12.4 Å². The van der Waals surface area contributed by atoms with Crippen LogP contribution in [0.4, 0.5) is 0 Å². The van der Waals surface area contributed by atoms with Gasteiger partial charge in [-0.05, 0) is 50.6 Å². The molecule has 2 rings (SSSR count). The largest absolute Gasteiger partial charge is 0.481 e. The number of hydrogen-bond donors (Lipinski definition) is 0. The van der Waals surface area contributed by atoms with Gasteiger partial charge in [-0.3, -0.25) is 9.59 Å². The number of esters is 2. The highest BCUT2D eigenvalue weighted by atomic mass is 16.6. The van der Waals surface area contributed by atoms with E-state index in [1.54, 1.807) is 32.0 Å². The maximum atomic E-state index is 12.4. The van der Waals surface area contributed by atoms with Crippen LogP contribution in [0.3, 0.4) is 0 Å². The molecule has 2 unspecified atom stereocenters. The Morgan fingerprint density at radius 3 is 2.46 bits per heavy atom. The maximum absolute atomic E-state index is 12.4. The Kier molecular flexibility index (Phi) is 5.97. The van der Waals surface area contributed by atoms with Crippen LogP contribution in [0.15, 0.2) is 42.0 Å². The Morgan fingerprint density at radius 2 is 1.88 bits per heavy atom. The number of carbonyl (C=O) groups is 3. The monoisotopic (exact) mass is 358 g/mol. The van der Waals surface area contributed by atoms with Gasteiger partial charge in [0, 0.05) is 23.6 Å². The lowest BCUT2D eigenvalue weighted by Gasteiger charge is -2.20. The SMILES string of the molecule is C=C(C)C1Oc2ccc(C(C)=O)cc2C1OC(=O)C(C)=CCOC(C)=O. The molecule has 0 amide bonds. The fraction of sp³-hybridized carbons (Fsp3) is 0.350. The third-order valence-corrected chi connectivity index (χ3v) is 3.97. The van der Waals surface area contributed by atoms with E-state index < -0.39 is 24.1 Å². The number of rotatable bonds is 6. The molecule has 2 atom stereocenters. The van der Waals surface area contributed by atoms with Crippen LogP contribution in [0.2, 0.25) is 0 Å². The number of hydrogen-bond acceptors (Lipinski definition) is 6. The molecule has 0 N–H and O–H groups in total. The Bertz CT molecular complexity index is 789. The van der Waals surface area contributed by atoms with Gasteiger partial charge < -0.3 is 14.2 Å². The predicted octanol–water partition coefficient (Wildman–Crippen LogP) is 3.32. The van der Waals surface area contributed by atoms with Gasteiger partial charge in [0.05, 0.1) is 0 Å². The quantitative estimate of drug-likeness (QED) is 0.336. The summed E-state index contributed by atoms with van der Waals surface area (Å²) in [6, 6.07) is 5.04. The molecule has 0 fully saturated rings. The Labute approximate surface area is 152 Å². The summed E-state index contributed by atoms with van der Waals surface area (Å²) in [7, 11) is 0. The molecule has 1 heterocycles. The summed E-state index contributed by atoms with van der Waals surface area (Å²) in [5.74, 6) is -0.519. The fourth-order valence-corrected chi connectivity index (χ4v) is 2.52. The second-order valence-electron chi connectivity index (χ2n) is 6.21. The number of ether oxygens (including phenoxy) is 3. The summed E-state index contributed by atoms with van der Waals surface area (Å²) in [5.41, 5.74) is 2.15. The molecule has 6 heteroatoms. The number of carbonyl (C=O) groups excluding carboxylic acids is 3. The van der Waals surface area contributed by atoms with Crippen LogP contribution in [0.25, 0.3) is 0 Å². The van der Waals surface area contributed by atoms with Crippen molar-refractivity contribution in [3.63, 3.8) is 0 Å². The fourth-order valence-electron chi connectivity index (χ4n) is 2.52. The van der Waals surface area contributed by atoms with Crippen molar-refractivity contribution >= 4 is 17.7 Å². The molecule has 6 nitrogen and oxygen atoms in total. The molecule has 0 aromatic heterocycles. The van der Waals surface area contributed by atoms with Crippen molar-refractivity contribution in [1.82, 2.24) is 0 Å². The van der Waals surface area contributed by atoms with E-state index in [0.29, 0.717) is 28.0 Å². The number of ketones is 1. The molecule has 0 aliphatic carbocycles. The molecule has 0 saturated heterocycles. The Morgan fingerprint density at radius 1 is 1.19 bits per heavy atom. The molecule has 1 aliphatic rings. The molecule has 0 radical (unpaired) electrons. The Balaban J connectivity index is 2.24. The standard InChI is InChI=1S/C20H22O6/c1-11(2)18-19(26-20(23)12(3)8-9-24-14(5)22)16-10-15(13(4)21)6-7-17(16)25-18/h6-8,10,18-19H,1,9H2,2-5H3. The summed E-state index contributed by atoms with van der Waals surface area (Å²) in [6.07, 6.45) is 0.242. The second kappa shape index (κ2) is 7.99. The average molecular weight is 358 g/mol. The lowest BCUT2D eigenvalue weighted by Crippen LogP contribution is -2.24. The van der Waals surface area contributed by atoms with Gasteiger partial charge in [0.25, 0.3) is 0 Å². The van der Waals surface area contributed by atoms with E-state index in [0.717, 1.165) is 0 Å². The molecule has 0 bridgehead atoms. The van der Waals surface area contributed by atoms with E-state index in [1.165, 1.54) is 19.9 Å². The normalized spacial score (nSPS) is 18.5. The van der Waals surface area contributed by atoms with Crippen LogP contribution < -0.4 is 4.74 Å². The molecular formula is C20H22O6. The minimum absolute atomic E-state index is 0.00752. The molecule has 0 saturated carbocycles. The van der Waals surface area contributed by atoms with Crippen LogP contribution in [0, 0.1) is 0 Å². The van der Waals surface area contributed by atoms with Crippen molar-refractivity contribution < 1.29 is 28.6 Å². The summed E-state index contributed by atoms with van der Waals surface area (Å²) >= 11 is 0. The van der Waals surface area contributed by atoms with Crippen LogP contribution in [-0.2, 0) is 19.1 Å². The van der Waals surface area contributed by atoms with Gasteiger partial charge in [-0.15, -0.1) is 0 Å². The summed E-state index contributed by atoms with van der Waals surface area (Å²) in [4.78, 5) is 34.8. The Hall–Kier alpha value is -2.89. The first kappa shape index (κ1) is 19.4. The second-order valence-corrected chi connectivity index (χ2v) is 6.21. The average Bonchev–Trinajstić information content (AvgIpc) is 2.92. The lowest BCUT2D eigenvalue weighted by molar-refractivity contribution is -0.147. The van der Waals surface area contributed by atoms with E-state index in [9.17, 15) is 14.4 Å². The van der Waals surface area contributed by atoms with Crippen LogP contribution in [-0.4, -0.2) is 30.4 Å². The maximum Gasteiger partial charge on any atom is 0.334 e. The first-order valence-corrected chi connectivity index (χ1v) is 8.18. The van der Waals surface area contributed by atoms with Gasteiger partial charge in [-0.25, -0.2) is 4.79 Å². The van der Waals surface area contributed by atoms with Gasteiger partial charge in [0.2, 0.25) is 0 Å². The molecule has 138 valence electrons. The van der Waals surface area contributed by atoms with Crippen molar-refractivity contribution in [2.75, 3.05) is 6.61 Å². The molecule has 26 heavy (non-hydrogen) atoms. The van der Waals surface area contributed by atoms with Gasteiger partial charge in [-0.2, -0.15) is 0 Å². The summed E-state index contributed by atoms with van der Waals surface area (Å²) in [6.45, 7) is 10.0. The third kappa shape index (κ3) is 4.39. The molecular weight excluding hydrogens is 336 g/mol. The number of fused-ring (bicyclic) bond motifs is 1. The van der Waals surface area contributed by atoms with Crippen molar-refractivity contribution in [2.24, 2.45) is 0 Å². The van der Waals surface area contributed by atoms with E-state index in [-0.39, 0.29) is 12.4 Å². The zero-order chi connectivity index (χ0) is 19.4. The van der Waals surface area contributed by atoms with Gasteiger partial charge in [0.15, 0.2) is 18.0 Å². The molecule has 1 aromatic carbocycles. The minimum Gasteiger partial charge on any atom is -0.481 e. The summed E-state index contributed by atoms with van der Waals surface area (Å²) < 4.78 is 16.2. The van der Waals surface area contributed by atoms with E-state index in [2.05, 4.69) is 6.58 Å². The first-order valence-electron chi connectivity index (χ1n) is 8.18. The molecule has 1 aliphatic heterocycles. The number of Topliss-reactive ketones (excluding diaryl/α,β-unsaturated/α-hetero) is 1. The highest BCUT2D eigenvalue weighted by Gasteiger charge is 2.38. The number of benzene rings is 1. The zero-order valence-corrected chi connectivity index (χ0v) is 15.3. The summed E-state index contributed by atoms with van der Waals surface area (Å²) in [5, 5.41) is 0. The highest BCUT2D eigenvalue weighted by molar-refractivity contribution is 5.94.